The molecule has 0 spiro atoms. The molecule has 0 aromatic heterocycles. The van der Waals surface area contributed by atoms with Crippen LogP contribution in [-0.2, 0) is 19.8 Å². The van der Waals surface area contributed by atoms with E-state index in [0.717, 1.165) is 0 Å². The van der Waals surface area contributed by atoms with Crippen molar-refractivity contribution in [2.45, 2.75) is 57.0 Å². The second kappa shape index (κ2) is 11.4. The van der Waals surface area contributed by atoms with Crippen molar-refractivity contribution in [2.75, 3.05) is 20.4 Å². The molecule has 0 saturated heterocycles. The van der Waals surface area contributed by atoms with Gasteiger partial charge in [0.2, 0.25) is 0 Å². The van der Waals surface area contributed by atoms with Crippen LogP contribution in [0.15, 0.2) is 40.9 Å². The number of hydrogen-bond acceptors (Lipinski definition) is 6. The van der Waals surface area contributed by atoms with Crippen LogP contribution in [0, 0.1) is 5.82 Å². The van der Waals surface area contributed by atoms with Crippen LogP contribution < -0.4 is 10.1 Å². The summed E-state index contributed by atoms with van der Waals surface area (Å²) in [5.41, 5.74) is -0.926. The predicted molar refractivity (Wildman–Crippen MR) is 133 cm³/mol. The molecule has 3 rings (SSSR count). The molecule has 2 aromatic rings. The summed E-state index contributed by atoms with van der Waals surface area (Å²) in [6.07, 6.45) is -1.86. The Hall–Kier alpha value is -1.91. The summed E-state index contributed by atoms with van der Waals surface area (Å²) in [5, 5.41) is 14.1. The highest BCUT2D eigenvalue weighted by Gasteiger charge is 2.56. The van der Waals surface area contributed by atoms with E-state index in [1.165, 1.54) is 13.2 Å². The number of aliphatic hydroxyl groups excluding tert-OH is 1. The zero-order valence-electron chi connectivity index (χ0n) is 20.1. The quantitative estimate of drug-likeness (QED) is 0.222. The average molecular weight is 575 g/mol. The lowest BCUT2D eigenvalue weighted by Gasteiger charge is -2.39. The van der Waals surface area contributed by atoms with Gasteiger partial charge in [0, 0.05) is 35.3 Å². The molecular formula is C25H30BrClFNO6. The smallest absolute Gasteiger partial charge is 0.407 e. The van der Waals surface area contributed by atoms with Gasteiger partial charge in [-0.2, -0.15) is 0 Å². The lowest BCUT2D eigenvalue weighted by atomic mass is 9.80. The maximum atomic E-state index is 14.5. The highest BCUT2D eigenvalue weighted by atomic mass is 79.9. The predicted octanol–water partition coefficient (Wildman–Crippen LogP) is 5.86. The number of alkyl carbamates (subject to hydrolysis) is 1. The Balaban J connectivity index is 1.92. The van der Waals surface area contributed by atoms with Gasteiger partial charge in [-0.1, -0.05) is 41.9 Å². The molecule has 0 bridgehead atoms. The lowest BCUT2D eigenvalue weighted by molar-refractivity contribution is -0.174. The van der Waals surface area contributed by atoms with Crippen molar-refractivity contribution in [1.29, 1.82) is 0 Å². The number of fused-ring (bicyclic) bond motifs is 1. The number of benzene rings is 2. The monoisotopic (exact) mass is 573 g/mol. The first-order valence-electron chi connectivity index (χ1n) is 11.2. The van der Waals surface area contributed by atoms with Crippen molar-refractivity contribution in [1.82, 2.24) is 5.32 Å². The van der Waals surface area contributed by atoms with Crippen molar-refractivity contribution in [2.24, 2.45) is 0 Å². The van der Waals surface area contributed by atoms with Gasteiger partial charge in [0.1, 0.15) is 36.2 Å². The molecule has 3 atom stereocenters. The van der Waals surface area contributed by atoms with E-state index >= 15 is 0 Å². The van der Waals surface area contributed by atoms with Gasteiger partial charge >= 0.3 is 6.09 Å². The van der Waals surface area contributed by atoms with E-state index in [4.69, 9.17) is 30.5 Å². The van der Waals surface area contributed by atoms with Crippen molar-refractivity contribution in [3.05, 3.63) is 62.8 Å². The fourth-order valence-corrected chi connectivity index (χ4v) is 4.82. The van der Waals surface area contributed by atoms with Crippen LogP contribution in [0.25, 0.3) is 0 Å². The molecule has 0 fully saturated rings. The molecule has 1 heterocycles. The SMILES string of the molecule is COCO[C@H]1c2c(cc(F)c(Cl)c2Br)O[C@@]1(c1ccccc1)C(O)CCCNC(=O)OC(C)(C)C. The highest BCUT2D eigenvalue weighted by Crippen LogP contribution is 2.57. The van der Waals surface area contributed by atoms with E-state index in [-0.39, 0.29) is 35.0 Å². The molecule has 0 aliphatic carbocycles. The van der Waals surface area contributed by atoms with Crippen molar-refractivity contribution in [3.8, 4) is 5.75 Å². The van der Waals surface area contributed by atoms with Crippen LogP contribution >= 0.6 is 27.5 Å². The maximum absolute atomic E-state index is 14.5. The normalized spacial score (nSPS) is 20.2. The van der Waals surface area contributed by atoms with Crippen LogP contribution in [0.5, 0.6) is 5.75 Å². The molecule has 1 unspecified atom stereocenters. The molecule has 0 radical (unpaired) electrons. The Morgan fingerprint density at radius 1 is 1.34 bits per heavy atom. The van der Waals surface area contributed by atoms with Crippen LogP contribution in [0.1, 0.15) is 50.8 Å². The zero-order valence-corrected chi connectivity index (χ0v) is 22.4. The number of amides is 1. The van der Waals surface area contributed by atoms with Crippen LogP contribution in [0.2, 0.25) is 5.02 Å². The number of halogens is 3. The zero-order chi connectivity index (χ0) is 25.8. The Bertz CT molecular complexity index is 1030. The minimum Gasteiger partial charge on any atom is -0.476 e. The van der Waals surface area contributed by atoms with Crippen LogP contribution in [0.4, 0.5) is 9.18 Å². The standard InChI is InChI=1S/C25H30BrClFNO6/c1-24(2,3)35-23(31)29-12-8-11-18(30)25(15-9-6-5-7-10-15)22(33-14-32-4)19-17(34-25)13-16(28)21(27)20(19)26/h5-7,9-10,13,18,22,30H,8,11-12,14H2,1-4H3,(H,29,31)/t18?,22-,25-/m0/s1. The molecule has 35 heavy (non-hydrogen) atoms. The second-order valence-corrected chi connectivity index (χ2v) is 10.4. The van der Waals surface area contributed by atoms with E-state index < -0.39 is 35.3 Å². The van der Waals surface area contributed by atoms with Crippen LogP contribution in [0.3, 0.4) is 0 Å². The number of aliphatic hydroxyl groups is 1. The van der Waals surface area contributed by atoms with Gasteiger partial charge in [-0.15, -0.1) is 0 Å². The molecule has 2 aromatic carbocycles. The second-order valence-electron chi connectivity index (χ2n) is 9.20. The Morgan fingerprint density at radius 3 is 2.66 bits per heavy atom. The third kappa shape index (κ3) is 6.09. The third-order valence-corrected chi connectivity index (χ3v) is 6.91. The van der Waals surface area contributed by atoms with E-state index in [0.29, 0.717) is 17.5 Å². The van der Waals surface area contributed by atoms with Gasteiger partial charge in [-0.05, 0) is 49.5 Å². The Kier molecular flexibility index (Phi) is 9.04. The summed E-state index contributed by atoms with van der Waals surface area (Å²) < 4.78 is 37.5. The first-order chi connectivity index (χ1) is 16.5. The Labute approximate surface area is 218 Å². The number of carbonyl (C=O) groups excluding carboxylic acids is 1. The van der Waals surface area contributed by atoms with Crippen molar-refractivity contribution < 1.29 is 33.2 Å². The van der Waals surface area contributed by atoms with E-state index in [1.807, 2.05) is 30.3 Å². The summed E-state index contributed by atoms with van der Waals surface area (Å²) in [4.78, 5) is 12.0. The minimum absolute atomic E-state index is 0.101. The van der Waals surface area contributed by atoms with Gasteiger partial charge in [0.05, 0.1) is 5.02 Å². The van der Waals surface area contributed by atoms with Crippen molar-refractivity contribution in [3.63, 3.8) is 0 Å². The summed E-state index contributed by atoms with van der Waals surface area (Å²) in [5.74, 6) is -0.461. The molecule has 192 valence electrons. The van der Waals surface area contributed by atoms with Gasteiger partial charge in [-0.25, -0.2) is 9.18 Å². The van der Waals surface area contributed by atoms with Gasteiger partial charge < -0.3 is 29.4 Å². The molecule has 1 aliphatic heterocycles. The van der Waals surface area contributed by atoms with Crippen LogP contribution in [-0.4, -0.2) is 43.4 Å². The summed E-state index contributed by atoms with van der Waals surface area (Å²) in [7, 11) is 1.48. The highest BCUT2D eigenvalue weighted by molar-refractivity contribution is 9.10. The van der Waals surface area contributed by atoms with Gasteiger partial charge in [0.25, 0.3) is 0 Å². The maximum Gasteiger partial charge on any atom is 0.407 e. The van der Waals surface area contributed by atoms with Gasteiger partial charge in [0.15, 0.2) is 5.60 Å². The first kappa shape index (κ1) is 27.7. The van der Waals surface area contributed by atoms with E-state index in [9.17, 15) is 14.3 Å². The number of nitrogens with one attached hydrogen (secondary N) is 1. The number of hydrogen-bond donors (Lipinski definition) is 2. The fourth-order valence-electron chi connectivity index (χ4n) is 4.07. The fraction of sp³-hybridized carbons (Fsp3) is 0.480. The first-order valence-corrected chi connectivity index (χ1v) is 12.4. The molecule has 2 N–H and O–H groups in total. The third-order valence-electron chi connectivity index (χ3n) is 5.49. The molecule has 7 nitrogen and oxygen atoms in total. The summed E-state index contributed by atoms with van der Waals surface area (Å²) in [6.45, 7) is 5.52. The lowest BCUT2D eigenvalue weighted by Crippen LogP contribution is -2.48. The topological polar surface area (TPSA) is 86.3 Å². The average Bonchev–Trinajstić information content (AvgIpc) is 3.13. The van der Waals surface area contributed by atoms with E-state index in [2.05, 4.69) is 21.2 Å². The number of carbonyl (C=O) groups is 1. The summed E-state index contributed by atoms with van der Waals surface area (Å²) >= 11 is 9.55. The number of methoxy groups -OCH3 is 1. The molecule has 0 saturated carbocycles. The minimum atomic E-state index is -1.42. The van der Waals surface area contributed by atoms with Crippen molar-refractivity contribution >= 4 is 33.6 Å². The largest absolute Gasteiger partial charge is 0.476 e. The Morgan fingerprint density at radius 2 is 2.03 bits per heavy atom. The molecular weight excluding hydrogens is 545 g/mol. The molecule has 1 amide bonds. The molecule has 1 aliphatic rings. The van der Waals surface area contributed by atoms with Gasteiger partial charge in [-0.3, -0.25) is 0 Å². The summed E-state index contributed by atoms with van der Waals surface area (Å²) in [6, 6.07) is 10.3. The molecule has 10 heteroatoms. The number of rotatable bonds is 9. The van der Waals surface area contributed by atoms with E-state index in [1.54, 1.807) is 20.8 Å². The number of ether oxygens (including phenoxy) is 4.